The number of nitrogens with zero attached hydrogens (tertiary/aromatic N) is 5. The van der Waals surface area contributed by atoms with Gasteiger partial charge in [-0.15, -0.1) is 5.10 Å². The van der Waals surface area contributed by atoms with Gasteiger partial charge >= 0.3 is 0 Å². The standard InChI is InChI=1S/C26H30N6O2/c1-17-13-20-15-22(26(33)27-23(20)14-18(17)2)24(31-11-5-4-6-12-31)25-28-29-30-32(25)16-19-7-9-21(34-3)10-8-19/h7-10,13-15,24H,4-6,11-12,16H2,1-3H3,(H,27,33)/t24-/m1/s1. The highest BCUT2D eigenvalue weighted by Crippen LogP contribution is 2.30. The van der Waals surface area contributed by atoms with Crippen molar-refractivity contribution in [3.8, 4) is 5.75 Å². The van der Waals surface area contributed by atoms with Crippen LogP contribution in [0.4, 0.5) is 0 Å². The summed E-state index contributed by atoms with van der Waals surface area (Å²) in [6.07, 6.45) is 3.40. The second-order valence-corrected chi connectivity index (χ2v) is 9.12. The Morgan fingerprint density at radius 3 is 2.50 bits per heavy atom. The van der Waals surface area contributed by atoms with Gasteiger partial charge in [-0.3, -0.25) is 9.69 Å². The molecule has 2 aromatic carbocycles. The summed E-state index contributed by atoms with van der Waals surface area (Å²) >= 11 is 0. The zero-order valence-corrected chi connectivity index (χ0v) is 19.9. The summed E-state index contributed by atoms with van der Waals surface area (Å²) in [4.78, 5) is 18.8. The van der Waals surface area contributed by atoms with Crippen molar-refractivity contribution in [1.29, 1.82) is 0 Å². The van der Waals surface area contributed by atoms with Crippen LogP contribution in [0, 0.1) is 13.8 Å². The molecule has 0 bridgehead atoms. The Balaban J connectivity index is 1.59. The van der Waals surface area contributed by atoms with Crippen molar-refractivity contribution >= 4 is 10.9 Å². The predicted octanol–water partition coefficient (Wildman–Crippen LogP) is 3.76. The number of hydrogen-bond donors (Lipinski definition) is 1. The monoisotopic (exact) mass is 458 g/mol. The van der Waals surface area contributed by atoms with Crippen molar-refractivity contribution in [3.63, 3.8) is 0 Å². The molecule has 0 saturated carbocycles. The number of rotatable bonds is 6. The lowest BCUT2D eigenvalue weighted by Crippen LogP contribution is -2.38. The number of hydrogen-bond acceptors (Lipinski definition) is 6. The van der Waals surface area contributed by atoms with Crippen LogP contribution in [0.15, 0.2) is 47.3 Å². The maximum Gasteiger partial charge on any atom is 0.253 e. The number of tetrazole rings is 1. The third-order valence-electron chi connectivity index (χ3n) is 6.83. The summed E-state index contributed by atoms with van der Waals surface area (Å²) in [5.41, 5.74) is 4.86. The first-order chi connectivity index (χ1) is 16.5. The zero-order valence-electron chi connectivity index (χ0n) is 19.9. The lowest BCUT2D eigenvalue weighted by atomic mass is 9.99. The van der Waals surface area contributed by atoms with Gasteiger partial charge in [-0.25, -0.2) is 4.68 Å². The number of nitrogens with one attached hydrogen (secondary N) is 1. The molecule has 34 heavy (non-hydrogen) atoms. The third-order valence-corrected chi connectivity index (χ3v) is 6.83. The summed E-state index contributed by atoms with van der Waals surface area (Å²) in [6.45, 7) is 6.48. The first-order valence-corrected chi connectivity index (χ1v) is 11.8. The Morgan fingerprint density at radius 1 is 1.03 bits per heavy atom. The molecular weight excluding hydrogens is 428 g/mol. The van der Waals surface area contributed by atoms with E-state index < -0.39 is 0 Å². The van der Waals surface area contributed by atoms with Crippen molar-refractivity contribution in [2.75, 3.05) is 20.2 Å². The Labute approximate surface area is 198 Å². The molecule has 176 valence electrons. The molecule has 1 atom stereocenters. The lowest BCUT2D eigenvalue weighted by Gasteiger charge is -2.33. The van der Waals surface area contributed by atoms with E-state index in [0.717, 1.165) is 53.7 Å². The van der Waals surface area contributed by atoms with Gasteiger partial charge in [-0.1, -0.05) is 18.6 Å². The van der Waals surface area contributed by atoms with Gasteiger partial charge in [0.15, 0.2) is 5.82 Å². The fraction of sp³-hybridized carbons (Fsp3) is 0.385. The van der Waals surface area contributed by atoms with E-state index in [1.807, 2.05) is 41.1 Å². The number of fused-ring (bicyclic) bond motifs is 1. The number of aromatic amines is 1. The van der Waals surface area contributed by atoms with E-state index in [0.29, 0.717) is 17.9 Å². The van der Waals surface area contributed by atoms with E-state index in [2.05, 4.69) is 45.3 Å². The van der Waals surface area contributed by atoms with E-state index in [-0.39, 0.29) is 11.6 Å². The number of aryl methyl sites for hydroxylation is 2. The van der Waals surface area contributed by atoms with Crippen molar-refractivity contribution in [2.24, 2.45) is 0 Å². The first-order valence-electron chi connectivity index (χ1n) is 11.8. The molecule has 8 heteroatoms. The minimum absolute atomic E-state index is 0.0923. The van der Waals surface area contributed by atoms with Crippen molar-refractivity contribution in [1.82, 2.24) is 30.1 Å². The number of piperidine rings is 1. The highest BCUT2D eigenvalue weighted by Gasteiger charge is 2.31. The SMILES string of the molecule is COc1ccc(Cn2nnnc2[C@@H](c2cc3cc(C)c(C)cc3[nH]c2=O)N2CCCCC2)cc1. The highest BCUT2D eigenvalue weighted by atomic mass is 16.5. The van der Waals surface area contributed by atoms with Gasteiger partial charge in [0.25, 0.3) is 5.56 Å². The van der Waals surface area contributed by atoms with E-state index in [4.69, 9.17) is 4.74 Å². The fourth-order valence-electron chi connectivity index (χ4n) is 4.80. The number of pyridine rings is 1. The first kappa shape index (κ1) is 22.3. The number of benzene rings is 2. The highest BCUT2D eigenvalue weighted by molar-refractivity contribution is 5.81. The molecule has 0 spiro atoms. The molecule has 5 rings (SSSR count). The van der Waals surface area contributed by atoms with E-state index in [1.54, 1.807) is 7.11 Å². The Kier molecular flexibility index (Phi) is 6.15. The van der Waals surface area contributed by atoms with Crippen LogP contribution in [0.25, 0.3) is 10.9 Å². The van der Waals surface area contributed by atoms with Crippen LogP contribution >= 0.6 is 0 Å². The van der Waals surface area contributed by atoms with Gasteiger partial charge < -0.3 is 9.72 Å². The number of methoxy groups -OCH3 is 1. The summed E-state index contributed by atoms with van der Waals surface area (Å²) in [6, 6.07) is 13.8. The largest absolute Gasteiger partial charge is 0.497 e. The molecule has 8 nitrogen and oxygen atoms in total. The molecule has 0 radical (unpaired) electrons. The van der Waals surface area contributed by atoms with Crippen LogP contribution in [0.2, 0.25) is 0 Å². The molecule has 2 aromatic heterocycles. The van der Waals surface area contributed by atoms with E-state index >= 15 is 0 Å². The molecule has 1 saturated heterocycles. The summed E-state index contributed by atoms with van der Waals surface area (Å²) in [5, 5.41) is 13.8. The molecule has 0 unspecified atom stereocenters. The van der Waals surface area contributed by atoms with Gasteiger partial charge in [0.2, 0.25) is 0 Å². The van der Waals surface area contributed by atoms with Crippen LogP contribution in [0.5, 0.6) is 5.75 Å². The minimum atomic E-state index is -0.316. The summed E-state index contributed by atoms with van der Waals surface area (Å²) in [5.74, 6) is 1.49. The lowest BCUT2D eigenvalue weighted by molar-refractivity contribution is 0.177. The molecule has 4 aromatic rings. The fourth-order valence-corrected chi connectivity index (χ4v) is 4.80. The number of likely N-dealkylation sites (tertiary alicyclic amines) is 1. The minimum Gasteiger partial charge on any atom is -0.497 e. The van der Waals surface area contributed by atoms with Gasteiger partial charge in [0.1, 0.15) is 11.8 Å². The third kappa shape index (κ3) is 4.33. The van der Waals surface area contributed by atoms with Crippen LogP contribution in [0.3, 0.4) is 0 Å². The van der Waals surface area contributed by atoms with Crippen LogP contribution in [0.1, 0.15) is 53.4 Å². The molecular formula is C26H30N6O2. The van der Waals surface area contributed by atoms with Gasteiger partial charge in [-0.05, 0) is 103 Å². The Hall–Kier alpha value is -3.52. The summed E-state index contributed by atoms with van der Waals surface area (Å²) < 4.78 is 7.09. The molecule has 1 aliphatic rings. The van der Waals surface area contributed by atoms with Crippen LogP contribution in [-0.4, -0.2) is 50.3 Å². The van der Waals surface area contributed by atoms with Gasteiger partial charge in [0.05, 0.1) is 13.7 Å². The molecule has 3 heterocycles. The van der Waals surface area contributed by atoms with Gasteiger partial charge in [-0.2, -0.15) is 0 Å². The predicted molar refractivity (Wildman–Crippen MR) is 131 cm³/mol. The molecule has 0 aliphatic carbocycles. The maximum absolute atomic E-state index is 13.4. The molecule has 1 N–H and O–H groups in total. The number of aromatic nitrogens is 5. The van der Waals surface area contributed by atoms with E-state index in [9.17, 15) is 4.79 Å². The maximum atomic E-state index is 13.4. The van der Waals surface area contributed by atoms with Crippen molar-refractivity contribution in [3.05, 3.63) is 80.9 Å². The molecule has 1 aliphatic heterocycles. The smallest absolute Gasteiger partial charge is 0.253 e. The average Bonchev–Trinajstić information content (AvgIpc) is 3.29. The van der Waals surface area contributed by atoms with Crippen LogP contribution in [-0.2, 0) is 6.54 Å². The number of H-pyrrole nitrogens is 1. The molecule has 0 amide bonds. The average molecular weight is 459 g/mol. The quantitative estimate of drug-likeness (QED) is 0.473. The normalized spacial score (nSPS) is 15.5. The Morgan fingerprint density at radius 2 is 1.76 bits per heavy atom. The zero-order chi connectivity index (χ0) is 23.7. The van der Waals surface area contributed by atoms with Crippen molar-refractivity contribution < 1.29 is 4.74 Å². The van der Waals surface area contributed by atoms with Crippen molar-refractivity contribution in [2.45, 2.75) is 45.7 Å². The summed E-state index contributed by atoms with van der Waals surface area (Å²) in [7, 11) is 1.65. The molecule has 1 fully saturated rings. The van der Waals surface area contributed by atoms with E-state index in [1.165, 1.54) is 12.0 Å². The number of ether oxygens (including phenoxy) is 1. The Bertz CT molecular complexity index is 1350. The van der Waals surface area contributed by atoms with Gasteiger partial charge in [0, 0.05) is 11.1 Å². The topological polar surface area (TPSA) is 88.9 Å². The second-order valence-electron chi connectivity index (χ2n) is 9.12. The van der Waals surface area contributed by atoms with Crippen LogP contribution < -0.4 is 10.3 Å². The second kappa shape index (κ2) is 9.38.